The van der Waals surface area contributed by atoms with E-state index in [9.17, 15) is 8.42 Å². The van der Waals surface area contributed by atoms with Crippen molar-refractivity contribution >= 4 is 15.7 Å². The predicted octanol–water partition coefficient (Wildman–Crippen LogP) is 1.33. The summed E-state index contributed by atoms with van der Waals surface area (Å²) >= 11 is 0. The first-order valence-electron chi connectivity index (χ1n) is 5.69. The minimum absolute atomic E-state index is 0.126. The number of para-hydroxylation sites is 1. The van der Waals surface area contributed by atoms with E-state index in [0.717, 1.165) is 0 Å². The van der Waals surface area contributed by atoms with Crippen LogP contribution < -0.4 is 5.73 Å². The number of nitriles is 1. The lowest BCUT2D eigenvalue weighted by atomic mass is 10.2. The van der Waals surface area contributed by atoms with Crippen LogP contribution in [-0.2, 0) is 15.8 Å². The average Bonchev–Trinajstić information content (AvgIpc) is 2.32. The minimum atomic E-state index is -3.42. The largest absolute Gasteiger partial charge is 0.398 e. The van der Waals surface area contributed by atoms with Crippen LogP contribution in [0, 0.1) is 11.3 Å². The maximum atomic E-state index is 12.2. The Balaban J connectivity index is 2.87. The number of nitrogen functional groups attached to an aromatic ring is 1. The first-order chi connectivity index (χ1) is 8.51. The van der Waals surface area contributed by atoms with Gasteiger partial charge in [-0.3, -0.25) is 0 Å². The molecule has 1 aromatic carbocycles. The van der Waals surface area contributed by atoms with Crippen molar-refractivity contribution in [1.29, 1.82) is 5.26 Å². The highest BCUT2D eigenvalue weighted by Gasteiger charge is 2.21. The second-order valence-corrected chi connectivity index (χ2v) is 5.82. The summed E-state index contributed by atoms with van der Waals surface area (Å²) in [7, 11) is -3.42. The molecule has 0 saturated carbocycles. The van der Waals surface area contributed by atoms with Crippen LogP contribution in [0.1, 0.15) is 18.9 Å². The smallest absolute Gasteiger partial charge is 0.218 e. The highest BCUT2D eigenvalue weighted by Crippen LogP contribution is 2.16. The summed E-state index contributed by atoms with van der Waals surface area (Å²) in [4.78, 5) is 0. The fourth-order valence-electron chi connectivity index (χ4n) is 1.62. The molecule has 0 aromatic heterocycles. The van der Waals surface area contributed by atoms with Crippen molar-refractivity contribution in [2.45, 2.75) is 19.1 Å². The van der Waals surface area contributed by atoms with Gasteiger partial charge < -0.3 is 5.73 Å². The lowest BCUT2D eigenvalue weighted by molar-refractivity contribution is 0.434. The van der Waals surface area contributed by atoms with Gasteiger partial charge in [0, 0.05) is 25.2 Å². The second-order valence-electron chi connectivity index (χ2n) is 3.85. The second kappa shape index (κ2) is 6.38. The molecule has 1 aromatic rings. The molecule has 1 rings (SSSR count). The van der Waals surface area contributed by atoms with Crippen molar-refractivity contribution < 1.29 is 8.42 Å². The Kier molecular flexibility index (Phi) is 5.13. The lowest BCUT2D eigenvalue weighted by Crippen LogP contribution is -2.32. The van der Waals surface area contributed by atoms with Gasteiger partial charge in [-0.15, -0.1) is 0 Å². The third-order valence-electron chi connectivity index (χ3n) is 2.61. The Morgan fingerprint density at radius 3 is 2.61 bits per heavy atom. The Morgan fingerprint density at radius 1 is 1.39 bits per heavy atom. The average molecular weight is 267 g/mol. The van der Waals surface area contributed by atoms with Crippen molar-refractivity contribution in [3.63, 3.8) is 0 Å². The zero-order chi connectivity index (χ0) is 13.6. The quantitative estimate of drug-likeness (QED) is 0.788. The van der Waals surface area contributed by atoms with Crippen LogP contribution in [0.2, 0.25) is 0 Å². The van der Waals surface area contributed by atoms with Gasteiger partial charge in [0.2, 0.25) is 10.0 Å². The SMILES string of the molecule is CCN(CCC#N)S(=O)(=O)Cc1ccccc1N. The zero-order valence-electron chi connectivity index (χ0n) is 10.3. The normalized spacial score (nSPS) is 11.4. The van der Waals surface area contributed by atoms with Gasteiger partial charge in [0.25, 0.3) is 0 Å². The lowest BCUT2D eigenvalue weighted by Gasteiger charge is -2.19. The number of hydrogen-bond donors (Lipinski definition) is 1. The number of rotatable bonds is 6. The molecule has 6 heteroatoms. The first kappa shape index (κ1) is 14.5. The molecule has 18 heavy (non-hydrogen) atoms. The van der Waals surface area contributed by atoms with E-state index >= 15 is 0 Å². The van der Waals surface area contributed by atoms with Gasteiger partial charge >= 0.3 is 0 Å². The topological polar surface area (TPSA) is 87.2 Å². The van der Waals surface area contributed by atoms with Gasteiger partial charge in [0.15, 0.2) is 0 Å². The molecule has 2 N–H and O–H groups in total. The van der Waals surface area contributed by atoms with E-state index in [1.807, 2.05) is 6.07 Å². The number of nitrogens with two attached hydrogens (primary N) is 1. The van der Waals surface area contributed by atoms with Crippen LogP contribution in [-0.4, -0.2) is 25.8 Å². The van der Waals surface area contributed by atoms with Crippen LogP contribution in [0.5, 0.6) is 0 Å². The predicted molar refractivity (Wildman–Crippen MR) is 71.0 cm³/mol. The molecule has 0 spiro atoms. The number of benzene rings is 1. The molecule has 0 heterocycles. The Labute approximate surface area is 108 Å². The van der Waals surface area contributed by atoms with Crippen LogP contribution in [0.4, 0.5) is 5.69 Å². The molecule has 0 aliphatic rings. The Morgan fingerprint density at radius 2 is 2.06 bits per heavy atom. The third kappa shape index (κ3) is 3.72. The molecule has 5 nitrogen and oxygen atoms in total. The van der Waals surface area contributed by atoms with E-state index in [-0.39, 0.29) is 18.7 Å². The van der Waals surface area contributed by atoms with Gasteiger partial charge in [0.05, 0.1) is 11.8 Å². The molecule has 0 fully saturated rings. The number of hydrogen-bond acceptors (Lipinski definition) is 4. The van der Waals surface area contributed by atoms with Crippen molar-refractivity contribution in [3.05, 3.63) is 29.8 Å². The minimum Gasteiger partial charge on any atom is -0.398 e. The van der Waals surface area contributed by atoms with Crippen LogP contribution in [0.15, 0.2) is 24.3 Å². The summed E-state index contributed by atoms with van der Waals surface area (Å²) in [5.41, 5.74) is 6.79. The zero-order valence-corrected chi connectivity index (χ0v) is 11.2. The standard InChI is InChI=1S/C12H17N3O2S/c1-2-15(9-5-8-13)18(16,17)10-11-6-3-4-7-12(11)14/h3-4,6-7H,2,5,9-10,14H2,1H3. The van der Waals surface area contributed by atoms with Crippen molar-refractivity contribution in [2.24, 2.45) is 0 Å². The van der Waals surface area contributed by atoms with E-state index in [1.165, 1.54) is 4.31 Å². The highest BCUT2D eigenvalue weighted by molar-refractivity contribution is 7.88. The third-order valence-corrected chi connectivity index (χ3v) is 4.52. The van der Waals surface area contributed by atoms with E-state index < -0.39 is 10.0 Å². The molecular formula is C12H17N3O2S. The summed E-state index contributed by atoms with van der Waals surface area (Å²) in [6, 6.07) is 8.84. The Bertz CT molecular complexity index is 534. The van der Waals surface area contributed by atoms with Gasteiger partial charge in [-0.1, -0.05) is 25.1 Å². The molecule has 0 aliphatic carbocycles. The van der Waals surface area contributed by atoms with Crippen LogP contribution >= 0.6 is 0 Å². The fraction of sp³-hybridized carbons (Fsp3) is 0.417. The van der Waals surface area contributed by atoms with Gasteiger partial charge in [-0.25, -0.2) is 12.7 Å². The molecule has 0 unspecified atom stereocenters. The van der Waals surface area contributed by atoms with E-state index in [4.69, 9.17) is 11.0 Å². The molecule has 0 saturated heterocycles. The van der Waals surface area contributed by atoms with Crippen LogP contribution in [0.25, 0.3) is 0 Å². The van der Waals surface area contributed by atoms with Crippen molar-refractivity contribution in [2.75, 3.05) is 18.8 Å². The summed E-state index contributed by atoms with van der Waals surface area (Å²) in [6.07, 6.45) is 0.192. The molecule has 98 valence electrons. The maximum absolute atomic E-state index is 12.2. The molecule has 0 atom stereocenters. The Hall–Kier alpha value is -1.58. The summed E-state index contributed by atoms with van der Waals surface area (Å²) in [6.45, 7) is 2.34. The molecule has 0 bridgehead atoms. The van der Waals surface area contributed by atoms with Gasteiger partial charge in [-0.05, 0) is 11.6 Å². The van der Waals surface area contributed by atoms with Crippen LogP contribution in [0.3, 0.4) is 0 Å². The van der Waals surface area contributed by atoms with E-state index in [0.29, 0.717) is 17.8 Å². The molecule has 0 aliphatic heterocycles. The van der Waals surface area contributed by atoms with Crippen molar-refractivity contribution in [3.8, 4) is 6.07 Å². The monoisotopic (exact) mass is 267 g/mol. The first-order valence-corrected chi connectivity index (χ1v) is 7.30. The number of sulfonamides is 1. The van der Waals surface area contributed by atoms with Gasteiger partial charge in [0.1, 0.15) is 0 Å². The molecular weight excluding hydrogens is 250 g/mol. The van der Waals surface area contributed by atoms with Gasteiger partial charge in [-0.2, -0.15) is 5.26 Å². The van der Waals surface area contributed by atoms with E-state index in [1.54, 1.807) is 31.2 Å². The van der Waals surface area contributed by atoms with E-state index in [2.05, 4.69) is 0 Å². The number of anilines is 1. The maximum Gasteiger partial charge on any atom is 0.218 e. The summed E-state index contributed by atoms with van der Waals surface area (Å²) in [5, 5.41) is 8.52. The highest BCUT2D eigenvalue weighted by atomic mass is 32.2. The summed E-state index contributed by atoms with van der Waals surface area (Å²) < 4.78 is 25.6. The van der Waals surface area contributed by atoms with Crippen molar-refractivity contribution in [1.82, 2.24) is 4.31 Å². The fourth-order valence-corrected chi connectivity index (χ4v) is 3.22. The molecule has 0 radical (unpaired) electrons. The molecule has 0 amide bonds. The number of nitrogens with zero attached hydrogens (tertiary/aromatic N) is 2. The summed E-state index contributed by atoms with van der Waals surface area (Å²) in [5.74, 6) is -0.126.